The van der Waals surface area contributed by atoms with E-state index in [1.807, 2.05) is 6.07 Å². The predicted molar refractivity (Wildman–Crippen MR) is 56.1 cm³/mol. The molecule has 1 aromatic rings. The van der Waals surface area contributed by atoms with Crippen molar-refractivity contribution in [1.29, 1.82) is 5.26 Å². The van der Waals surface area contributed by atoms with Crippen LogP contribution in [0.25, 0.3) is 0 Å². The number of hydrogen-bond acceptors (Lipinski definition) is 4. The lowest BCUT2D eigenvalue weighted by atomic mass is 10.1. The zero-order valence-electron chi connectivity index (χ0n) is 7.95. The van der Waals surface area contributed by atoms with Crippen LogP contribution in [0.4, 0.5) is 0 Å². The lowest BCUT2D eigenvalue weighted by molar-refractivity contribution is 0.0600. The van der Waals surface area contributed by atoms with Gasteiger partial charge in [-0.1, -0.05) is 15.9 Å². The van der Waals surface area contributed by atoms with E-state index in [2.05, 4.69) is 20.7 Å². The van der Waals surface area contributed by atoms with Crippen molar-refractivity contribution in [2.75, 3.05) is 7.11 Å². The summed E-state index contributed by atoms with van der Waals surface area (Å²) in [4.78, 5) is 11.2. The Morgan fingerprint density at radius 3 is 2.80 bits per heavy atom. The number of benzene rings is 1. The van der Waals surface area contributed by atoms with Crippen LogP contribution in [0.15, 0.2) is 16.6 Å². The maximum Gasteiger partial charge on any atom is 0.337 e. The molecule has 0 aliphatic heterocycles. The van der Waals surface area contributed by atoms with E-state index < -0.39 is 5.97 Å². The van der Waals surface area contributed by atoms with Crippen LogP contribution < -0.4 is 0 Å². The number of ether oxygens (including phenoxy) is 1. The van der Waals surface area contributed by atoms with Crippen molar-refractivity contribution in [3.8, 4) is 6.07 Å². The zero-order chi connectivity index (χ0) is 11.4. The summed E-state index contributed by atoms with van der Waals surface area (Å²) < 4.78 is 5.05. The molecule has 0 bridgehead atoms. The van der Waals surface area contributed by atoms with Gasteiger partial charge in [-0.05, 0) is 12.1 Å². The smallest absolute Gasteiger partial charge is 0.337 e. The zero-order valence-corrected chi connectivity index (χ0v) is 9.54. The molecule has 0 saturated carbocycles. The normalized spacial score (nSPS) is 9.47. The van der Waals surface area contributed by atoms with E-state index in [1.54, 1.807) is 0 Å². The second-order valence-electron chi connectivity index (χ2n) is 2.75. The number of rotatable bonds is 2. The second kappa shape index (κ2) is 4.91. The molecule has 0 amide bonds. The summed E-state index contributed by atoms with van der Waals surface area (Å²) in [7, 11) is 1.27. The summed E-state index contributed by atoms with van der Waals surface area (Å²) in [6, 6.07) is 4.81. The van der Waals surface area contributed by atoms with Crippen LogP contribution in [-0.4, -0.2) is 18.2 Å². The summed E-state index contributed by atoms with van der Waals surface area (Å²) in [5.41, 5.74) is 0.996. The minimum atomic E-state index is -0.517. The quantitative estimate of drug-likeness (QED) is 0.828. The van der Waals surface area contributed by atoms with Crippen LogP contribution in [0.3, 0.4) is 0 Å². The first kappa shape index (κ1) is 11.7. The van der Waals surface area contributed by atoms with E-state index in [9.17, 15) is 4.79 Å². The molecule has 1 aromatic carbocycles. The van der Waals surface area contributed by atoms with Gasteiger partial charge in [0.1, 0.15) is 0 Å². The van der Waals surface area contributed by atoms with Gasteiger partial charge in [-0.25, -0.2) is 4.79 Å². The molecule has 1 rings (SSSR count). The number of methoxy groups -OCH3 is 1. The average molecular weight is 270 g/mol. The van der Waals surface area contributed by atoms with Crippen molar-refractivity contribution in [2.45, 2.75) is 6.61 Å². The first-order chi connectivity index (χ1) is 7.13. The molecule has 0 spiro atoms. The lowest BCUT2D eigenvalue weighted by Gasteiger charge is -2.06. The fourth-order valence-electron chi connectivity index (χ4n) is 1.13. The Labute approximate surface area is 95.2 Å². The molecule has 0 atom stereocenters. The third-order valence-corrected chi connectivity index (χ3v) is 2.60. The summed E-state index contributed by atoms with van der Waals surface area (Å²) >= 11 is 3.18. The van der Waals surface area contributed by atoms with Crippen LogP contribution in [0.1, 0.15) is 21.5 Å². The minimum absolute atomic E-state index is 0.257. The van der Waals surface area contributed by atoms with E-state index >= 15 is 0 Å². The maximum atomic E-state index is 11.2. The van der Waals surface area contributed by atoms with Gasteiger partial charge in [0, 0.05) is 10.0 Å². The summed E-state index contributed by atoms with van der Waals surface area (Å²) in [5.74, 6) is -0.517. The molecule has 0 aliphatic carbocycles. The molecular weight excluding hydrogens is 262 g/mol. The molecule has 0 fully saturated rings. The first-order valence-electron chi connectivity index (χ1n) is 4.05. The fraction of sp³-hybridized carbons (Fsp3) is 0.200. The Bertz CT molecular complexity index is 437. The second-order valence-corrected chi connectivity index (χ2v) is 3.60. The van der Waals surface area contributed by atoms with Gasteiger partial charge in [0.15, 0.2) is 0 Å². The van der Waals surface area contributed by atoms with Gasteiger partial charge in [0.05, 0.1) is 30.9 Å². The fourth-order valence-corrected chi connectivity index (χ4v) is 1.72. The number of aliphatic hydroxyl groups is 1. The van der Waals surface area contributed by atoms with Crippen LogP contribution in [0.5, 0.6) is 0 Å². The highest BCUT2D eigenvalue weighted by molar-refractivity contribution is 9.10. The number of esters is 1. The van der Waals surface area contributed by atoms with Gasteiger partial charge in [-0.2, -0.15) is 5.26 Å². The molecule has 0 radical (unpaired) electrons. The van der Waals surface area contributed by atoms with Crippen molar-refractivity contribution in [3.05, 3.63) is 33.3 Å². The van der Waals surface area contributed by atoms with Crippen LogP contribution in [-0.2, 0) is 11.3 Å². The Balaban J connectivity index is 3.33. The molecule has 0 unspecified atom stereocenters. The SMILES string of the molecule is COC(=O)c1cc(Br)c(CO)c(C#N)c1. The van der Waals surface area contributed by atoms with Crippen molar-refractivity contribution < 1.29 is 14.6 Å². The van der Waals surface area contributed by atoms with Crippen molar-refractivity contribution >= 4 is 21.9 Å². The molecule has 15 heavy (non-hydrogen) atoms. The van der Waals surface area contributed by atoms with Gasteiger partial charge in [-0.15, -0.1) is 0 Å². The average Bonchev–Trinajstić information content (AvgIpc) is 2.26. The lowest BCUT2D eigenvalue weighted by Crippen LogP contribution is -2.03. The van der Waals surface area contributed by atoms with Crippen molar-refractivity contribution in [1.82, 2.24) is 0 Å². The summed E-state index contributed by atoms with van der Waals surface area (Å²) in [5, 5.41) is 17.8. The minimum Gasteiger partial charge on any atom is -0.465 e. The topological polar surface area (TPSA) is 70.3 Å². The Kier molecular flexibility index (Phi) is 3.83. The molecule has 78 valence electrons. The van der Waals surface area contributed by atoms with E-state index in [0.29, 0.717) is 10.0 Å². The Hall–Kier alpha value is -1.38. The first-order valence-corrected chi connectivity index (χ1v) is 4.85. The van der Waals surface area contributed by atoms with Crippen LogP contribution in [0, 0.1) is 11.3 Å². The highest BCUT2D eigenvalue weighted by Gasteiger charge is 2.12. The van der Waals surface area contributed by atoms with E-state index in [0.717, 1.165) is 0 Å². The van der Waals surface area contributed by atoms with Crippen LogP contribution >= 0.6 is 15.9 Å². The molecule has 0 heterocycles. The van der Waals surface area contributed by atoms with Gasteiger partial charge in [0.25, 0.3) is 0 Å². The van der Waals surface area contributed by atoms with Crippen molar-refractivity contribution in [3.63, 3.8) is 0 Å². The van der Waals surface area contributed by atoms with Gasteiger partial charge in [0.2, 0.25) is 0 Å². The summed E-state index contributed by atoms with van der Waals surface area (Å²) in [6.07, 6.45) is 0. The van der Waals surface area contributed by atoms with E-state index in [4.69, 9.17) is 10.4 Å². The standard InChI is InChI=1S/C10H8BrNO3/c1-15-10(14)6-2-7(4-12)8(5-13)9(11)3-6/h2-3,13H,5H2,1H3. The van der Waals surface area contributed by atoms with Gasteiger partial charge < -0.3 is 9.84 Å². The Morgan fingerprint density at radius 1 is 1.67 bits per heavy atom. The molecular formula is C10H8BrNO3. The molecule has 0 saturated heterocycles. The number of hydrogen-bond donors (Lipinski definition) is 1. The predicted octanol–water partition coefficient (Wildman–Crippen LogP) is 1.60. The van der Waals surface area contributed by atoms with Crippen LogP contribution in [0.2, 0.25) is 0 Å². The van der Waals surface area contributed by atoms with Gasteiger partial charge >= 0.3 is 5.97 Å². The maximum absolute atomic E-state index is 11.2. The number of nitrogens with zero attached hydrogens (tertiary/aromatic N) is 1. The number of carbonyl (C=O) groups is 1. The third kappa shape index (κ3) is 2.35. The highest BCUT2D eigenvalue weighted by Crippen LogP contribution is 2.23. The Morgan fingerprint density at radius 2 is 2.33 bits per heavy atom. The number of carbonyl (C=O) groups excluding carboxylic acids is 1. The highest BCUT2D eigenvalue weighted by atomic mass is 79.9. The summed E-state index contributed by atoms with van der Waals surface area (Å²) in [6.45, 7) is -0.259. The van der Waals surface area contributed by atoms with E-state index in [-0.39, 0.29) is 17.7 Å². The van der Waals surface area contributed by atoms with Gasteiger partial charge in [-0.3, -0.25) is 0 Å². The van der Waals surface area contributed by atoms with Crippen molar-refractivity contribution in [2.24, 2.45) is 0 Å². The molecule has 4 nitrogen and oxygen atoms in total. The molecule has 5 heteroatoms. The molecule has 0 aliphatic rings. The largest absolute Gasteiger partial charge is 0.465 e. The molecule has 0 aromatic heterocycles. The number of nitriles is 1. The van der Waals surface area contributed by atoms with E-state index in [1.165, 1.54) is 19.2 Å². The third-order valence-electron chi connectivity index (χ3n) is 1.90. The number of halogens is 1. The number of aliphatic hydroxyl groups excluding tert-OH is 1. The molecule has 1 N–H and O–H groups in total. The monoisotopic (exact) mass is 269 g/mol.